The number of methoxy groups -OCH3 is 1. The van der Waals surface area contributed by atoms with Gasteiger partial charge in [0.05, 0.1) is 12.9 Å². The summed E-state index contributed by atoms with van der Waals surface area (Å²) in [5.74, 6) is 0. The third kappa shape index (κ3) is 4.29. The van der Waals surface area contributed by atoms with Gasteiger partial charge in [0.15, 0.2) is 0 Å². The molecule has 0 atom stereocenters. The number of rotatable bonds is 6. The number of ether oxygens (including phenoxy) is 1. The molecule has 15 heavy (non-hydrogen) atoms. The van der Waals surface area contributed by atoms with Gasteiger partial charge in [-0.1, -0.05) is 0 Å². The second kappa shape index (κ2) is 5.60. The van der Waals surface area contributed by atoms with Crippen LogP contribution in [0.25, 0.3) is 0 Å². The first kappa shape index (κ1) is 12.6. The summed E-state index contributed by atoms with van der Waals surface area (Å²) in [6.45, 7) is 1.23. The van der Waals surface area contributed by atoms with Crippen LogP contribution in [-0.2, 0) is 21.3 Å². The van der Waals surface area contributed by atoms with Crippen LogP contribution in [0.15, 0.2) is 16.8 Å². The zero-order valence-electron chi connectivity index (χ0n) is 8.84. The Morgan fingerprint density at radius 2 is 2.27 bits per heavy atom. The van der Waals surface area contributed by atoms with E-state index in [-0.39, 0.29) is 0 Å². The third-order valence-corrected chi connectivity index (χ3v) is 3.93. The number of hydrogen-bond donors (Lipinski definition) is 0. The second-order valence-electron chi connectivity index (χ2n) is 3.22. The molecule has 0 amide bonds. The lowest BCUT2D eigenvalue weighted by Crippen LogP contribution is -2.32. The first-order valence-corrected chi connectivity index (χ1v) is 7.28. The molecular formula is C9H15NO3S2. The predicted octanol–water partition coefficient (Wildman–Crippen LogP) is 1.16. The maximum Gasteiger partial charge on any atom is 0.211 e. The molecule has 1 heterocycles. The minimum absolute atomic E-state index is 0.394. The largest absolute Gasteiger partial charge is 0.383 e. The van der Waals surface area contributed by atoms with E-state index in [1.165, 1.54) is 10.6 Å². The molecule has 1 aromatic rings. The first-order valence-electron chi connectivity index (χ1n) is 4.49. The Bertz CT molecular complexity index is 372. The van der Waals surface area contributed by atoms with Gasteiger partial charge in [-0.25, -0.2) is 8.42 Å². The van der Waals surface area contributed by atoms with Crippen molar-refractivity contribution in [1.82, 2.24) is 4.31 Å². The predicted molar refractivity (Wildman–Crippen MR) is 61.4 cm³/mol. The Labute approximate surface area is 94.5 Å². The molecule has 0 unspecified atom stereocenters. The van der Waals surface area contributed by atoms with Gasteiger partial charge in [0, 0.05) is 20.2 Å². The van der Waals surface area contributed by atoms with Crippen LogP contribution < -0.4 is 0 Å². The van der Waals surface area contributed by atoms with E-state index in [9.17, 15) is 8.42 Å². The molecule has 0 bridgehead atoms. The lowest BCUT2D eigenvalue weighted by Gasteiger charge is -2.18. The van der Waals surface area contributed by atoms with Crippen molar-refractivity contribution in [1.29, 1.82) is 0 Å². The highest BCUT2D eigenvalue weighted by molar-refractivity contribution is 7.88. The monoisotopic (exact) mass is 249 g/mol. The van der Waals surface area contributed by atoms with Crippen LogP contribution in [0.5, 0.6) is 0 Å². The van der Waals surface area contributed by atoms with Gasteiger partial charge in [0.2, 0.25) is 10.0 Å². The molecule has 0 saturated heterocycles. The van der Waals surface area contributed by atoms with E-state index in [0.717, 1.165) is 5.56 Å². The van der Waals surface area contributed by atoms with E-state index in [2.05, 4.69) is 0 Å². The van der Waals surface area contributed by atoms with Crippen molar-refractivity contribution in [2.75, 3.05) is 26.5 Å². The van der Waals surface area contributed by atoms with Crippen LogP contribution in [0, 0.1) is 0 Å². The summed E-state index contributed by atoms with van der Waals surface area (Å²) >= 11 is 1.56. The van der Waals surface area contributed by atoms with Crippen molar-refractivity contribution in [3.05, 3.63) is 22.4 Å². The Hall–Kier alpha value is -0.430. The summed E-state index contributed by atoms with van der Waals surface area (Å²) in [5, 5.41) is 3.89. The zero-order valence-corrected chi connectivity index (χ0v) is 10.5. The summed E-state index contributed by atoms with van der Waals surface area (Å²) in [5.41, 5.74) is 1.02. The summed E-state index contributed by atoms with van der Waals surface area (Å²) in [6, 6.07) is 1.93. The maximum atomic E-state index is 11.4. The Morgan fingerprint density at radius 3 is 2.73 bits per heavy atom. The van der Waals surface area contributed by atoms with Gasteiger partial charge in [0.1, 0.15) is 0 Å². The van der Waals surface area contributed by atoms with E-state index in [1.54, 1.807) is 18.4 Å². The van der Waals surface area contributed by atoms with Crippen LogP contribution in [-0.4, -0.2) is 39.2 Å². The molecule has 0 radical (unpaired) electrons. The molecule has 6 heteroatoms. The quantitative estimate of drug-likeness (QED) is 0.760. The second-order valence-corrected chi connectivity index (χ2v) is 5.98. The Balaban J connectivity index is 2.65. The average Bonchev–Trinajstić information content (AvgIpc) is 2.62. The molecule has 0 aromatic carbocycles. The van der Waals surface area contributed by atoms with Crippen molar-refractivity contribution in [3.63, 3.8) is 0 Å². The number of hydrogen-bond acceptors (Lipinski definition) is 4. The van der Waals surface area contributed by atoms with E-state index in [4.69, 9.17) is 4.74 Å². The fourth-order valence-corrected chi connectivity index (χ4v) is 2.59. The summed E-state index contributed by atoms with van der Waals surface area (Å²) < 4.78 is 29.2. The molecule has 0 aliphatic heterocycles. The summed E-state index contributed by atoms with van der Waals surface area (Å²) in [6.07, 6.45) is 1.22. The van der Waals surface area contributed by atoms with E-state index < -0.39 is 10.0 Å². The molecule has 0 aliphatic carbocycles. The molecule has 1 aromatic heterocycles. The molecule has 0 saturated carbocycles. The molecule has 0 fully saturated rings. The SMILES string of the molecule is COCCN(Cc1ccsc1)S(C)(=O)=O. The number of thiophene rings is 1. The normalized spacial score (nSPS) is 12.2. The van der Waals surface area contributed by atoms with Crippen LogP contribution >= 0.6 is 11.3 Å². The molecule has 0 spiro atoms. The van der Waals surface area contributed by atoms with Gasteiger partial charge in [-0.2, -0.15) is 15.6 Å². The van der Waals surface area contributed by atoms with Gasteiger partial charge in [-0.05, 0) is 22.4 Å². The maximum absolute atomic E-state index is 11.4. The van der Waals surface area contributed by atoms with Gasteiger partial charge in [0.25, 0.3) is 0 Å². The number of nitrogens with zero attached hydrogens (tertiary/aromatic N) is 1. The van der Waals surface area contributed by atoms with Crippen LogP contribution in [0.4, 0.5) is 0 Å². The van der Waals surface area contributed by atoms with Gasteiger partial charge in [-0.3, -0.25) is 0 Å². The van der Waals surface area contributed by atoms with Crippen LogP contribution in [0.3, 0.4) is 0 Å². The lowest BCUT2D eigenvalue weighted by atomic mass is 10.3. The van der Waals surface area contributed by atoms with Gasteiger partial charge >= 0.3 is 0 Å². The Kier molecular flexibility index (Phi) is 4.72. The van der Waals surface area contributed by atoms with Crippen LogP contribution in [0.1, 0.15) is 5.56 Å². The van der Waals surface area contributed by atoms with Gasteiger partial charge in [-0.15, -0.1) is 0 Å². The van der Waals surface area contributed by atoms with Crippen molar-refractivity contribution in [2.24, 2.45) is 0 Å². The standard InChI is InChI=1S/C9H15NO3S2/c1-13-5-4-10(15(2,11)12)7-9-3-6-14-8-9/h3,6,8H,4-5,7H2,1-2H3. The van der Waals surface area contributed by atoms with Crippen molar-refractivity contribution in [3.8, 4) is 0 Å². The summed E-state index contributed by atoms with van der Waals surface area (Å²) in [4.78, 5) is 0. The average molecular weight is 249 g/mol. The highest BCUT2D eigenvalue weighted by atomic mass is 32.2. The summed E-state index contributed by atoms with van der Waals surface area (Å²) in [7, 11) is -1.59. The smallest absolute Gasteiger partial charge is 0.211 e. The number of sulfonamides is 1. The van der Waals surface area contributed by atoms with Crippen molar-refractivity contribution >= 4 is 21.4 Å². The van der Waals surface area contributed by atoms with Crippen LogP contribution in [0.2, 0.25) is 0 Å². The fourth-order valence-electron chi connectivity index (χ4n) is 1.14. The highest BCUT2D eigenvalue weighted by Gasteiger charge is 2.16. The molecule has 4 nitrogen and oxygen atoms in total. The molecular weight excluding hydrogens is 234 g/mol. The molecule has 0 N–H and O–H groups in total. The lowest BCUT2D eigenvalue weighted by molar-refractivity contribution is 0.177. The van der Waals surface area contributed by atoms with E-state index >= 15 is 0 Å². The fraction of sp³-hybridized carbons (Fsp3) is 0.556. The zero-order chi connectivity index (χ0) is 11.3. The molecule has 86 valence electrons. The van der Waals surface area contributed by atoms with Crippen molar-refractivity contribution in [2.45, 2.75) is 6.54 Å². The Morgan fingerprint density at radius 1 is 1.53 bits per heavy atom. The first-order chi connectivity index (χ1) is 7.04. The molecule has 1 rings (SSSR count). The van der Waals surface area contributed by atoms with E-state index in [1.807, 2.05) is 16.8 Å². The van der Waals surface area contributed by atoms with Crippen molar-refractivity contribution < 1.29 is 13.2 Å². The highest BCUT2D eigenvalue weighted by Crippen LogP contribution is 2.11. The minimum atomic E-state index is -3.16. The van der Waals surface area contributed by atoms with E-state index in [0.29, 0.717) is 19.7 Å². The topological polar surface area (TPSA) is 46.6 Å². The van der Waals surface area contributed by atoms with Gasteiger partial charge < -0.3 is 4.74 Å². The third-order valence-electron chi connectivity index (χ3n) is 1.95. The molecule has 0 aliphatic rings. The minimum Gasteiger partial charge on any atom is -0.383 e.